The molecule has 2 aromatic rings. The molecule has 0 spiro atoms. The molecule has 12 heteroatoms. The molecule has 0 radical (unpaired) electrons. The van der Waals surface area contributed by atoms with Crippen molar-refractivity contribution >= 4 is 15.7 Å². The van der Waals surface area contributed by atoms with E-state index in [1.807, 2.05) is 0 Å². The zero-order valence-electron chi connectivity index (χ0n) is 12.0. The lowest BCUT2D eigenvalue weighted by Crippen LogP contribution is -2.12. The molecule has 0 atom stereocenters. The molecule has 0 saturated carbocycles. The highest BCUT2D eigenvalue weighted by atomic mass is 32.2. The summed E-state index contributed by atoms with van der Waals surface area (Å²) in [6.07, 6.45) is -4.59. The predicted octanol–water partition coefficient (Wildman–Crippen LogP) is 3.23. The number of halogens is 5. The van der Waals surface area contributed by atoms with Crippen molar-refractivity contribution in [2.24, 2.45) is 5.14 Å². The molecule has 0 aliphatic carbocycles. The maximum Gasteiger partial charge on any atom is 0.419 e. The molecule has 6 nitrogen and oxygen atoms in total. The second-order valence-corrected chi connectivity index (χ2v) is 5.95. The molecule has 0 unspecified atom stereocenters. The Hall–Kier alpha value is -2.60. The van der Waals surface area contributed by atoms with E-state index < -0.39 is 48.9 Å². The largest absolute Gasteiger partial charge is 0.419 e. The number of benzene rings is 2. The van der Waals surface area contributed by atoms with E-state index in [4.69, 9.17) is 5.14 Å². The molecule has 0 heterocycles. The number of nitrogens with zero attached hydrogens (tertiary/aromatic N) is 1. The summed E-state index contributed by atoms with van der Waals surface area (Å²) in [4.78, 5) is 8.71. The molecular formula is C13H9F5N2O4S. The molecule has 2 rings (SSSR count). The van der Waals surface area contributed by atoms with Gasteiger partial charge in [-0.25, -0.2) is 17.9 Å². The minimum atomic E-state index is -4.59. The van der Waals surface area contributed by atoms with Crippen LogP contribution in [0, 0.1) is 21.7 Å². The molecule has 0 amide bonds. The van der Waals surface area contributed by atoms with Gasteiger partial charge in [0, 0.05) is 6.07 Å². The van der Waals surface area contributed by atoms with Gasteiger partial charge in [-0.15, -0.1) is 0 Å². The molecule has 0 aliphatic heterocycles. The number of hydrogen-bond donors (Lipinski definition) is 1. The van der Waals surface area contributed by atoms with Crippen molar-refractivity contribution in [3.05, 3.63) is 69.8 Å². The first-order valence-electron chi connectivity index (χ1n) is 6.12. The van der Waals surface area contributed by atoms with Crippen LogP contribution in [0.2, 0.25) is 0 Å². The third-order valence-corrected chi connectivity index (χ3v) is 3.53. The fourth-order valence-electron chi connectivity index (χ4n) is 1.50. The van der Waals surface area contributed by atoms with E-state index in [-0.39, 0.29) is 0 Å². The van der Waals surface area contributed by atoms with Crippen LogP contribution >= 0.6 is 0 Å². The average Bonchev–Trinajstić information content (AvgIpc) is 2.46. The molecule has 25 heavy (non-hydrogen) atoms. The van der Waals surface area contributed by atoms with Crippen molar-refractivity contribution in [3.63, 3.8) is 0 Å². The van der Waals surface area contributed by atoms with Crippen molar-refractivity contribution < 1.29 is 35.3 Å². The zero-order chi connectivity index (χ0) is 19.4. The van der Waals surface area contributed by atoms with Gasteiger partial charge in [0.1, 0.15) is 5.82 Å². The normalized spacial score (nSPS) is 11.4. The summed E-state index contributed by atoms with van der Waals surface area (Å²) in [6, 6.07) is 5.95. The Kier molecular flexibility index (Phi) is 6.15. The number of nitro benzene ring substituents is 1. The second kappa shape index (κ2) is 7.53. The van der Waals surface area contributed by atoms with E-state index >= 15 is 0 Å². The van der Waals surface area contributed by atoms with E-state index in [2.05, 4.69) is 0 Å². The smallest absolute Gasteiger partial charge is 0.258 e. The Labute approximate surface area is 137 Å². The van der Waals surface area contributed by atoms with Crippen LogP contribution < -0.4 is 5.14 Å². The van der Waals surface area contributed by atoms with Crippen molar-refractivity contribution in [1.29, 1.82) is 0 Å². The number of sulfonamides is 1. The highest BCUT2D eigenvalue weighted by Gasteiger charge is 2.33. The van der Waals surface area contributed by atoms with Crippen LogP contribution in [0.15, 0.2) is 47.4 Å². The van der Waals surface area contributed by atoms with Gasteiger partial charge in [0.15, 0.2) is 0 Å². The summed E-state index contributed by atoms with van der Waals surface area (Å²) in [7, 11) is -4.05. The lowest BCUT2D eigenvalue weighted by Gasteiger charge is -2.05. The van der Waals surface area contributed by atoms with Crippen molar-refractivity contribution in [1.82, 2.24) is 0 Å². The lowest BCUT2D eigenvalue weighted by molar-refractivity contribution is -0.387. The molecule has 2 N–H and O–H groups in total. The van der Waals surface area contributed by atoms with Crippen LogP contribution in [0.1, 0.15) is 5.56 Å². The van der Waals surface area contributed by atoms with Gasteiger partial charge in [0.25, 0.3) is 0 Å². The van der Waals surface area contributed by atoms with E-state index in [0.29, 0.717) is 18.2 Å². The molecule has 0 aromatic heterocycles. The summed E-state index contributed by atoms with van der Waals surface area (Å²) in [5.74, 6) is -2.35. The molecule has 0 aliphatic rings. The third-order valence-electron chi connectivity index (χ3n) is 2.62. The number of hydrogen-bond acceptors (Lipinski definition) is 4. The van der Waals surface area contributed by atoms with Gasteiger partial charge in [-0.3, -0.25) is 10.1 Å². The topological polar surface area (TPSA) is 103 Å². The van der Waals surface area contributed by atoms with Crippen molar-refractivity contribution in [2.45, 2.75) is 11.1 Å². The van der Waals surface area contributed by atoms with E-state index in [1.54, 1.807) is 0 Å². The maximum absolute atomic E-state index is 12.7. The summed E-state index contributed by atoms with van der Waals surface area (Å²) < 4.78 is 82.0. The minimum Gasteiger partial charge on any atom is -0.258 e. The summed E-state index contributed by atoms with van der Waals surface area (Å²) in [6.45, 7) is 0. The molecule has 0 saturated heterocycles. The zero-order valence-corrected chi connectivity index (χ0v) is 12.8. The van der Waals surface area contributed by atoms with Crippen molar-refractivity contribution in [2.75, 3.05) is 0 Å². The van der Waals surface area contributed by atoms with Crippen LogP contribution in [0.25, 0.3) is 0 Å². The van der Waals surface area contributed by atoms with Crippen LogP contribution in [0.4, 0.5) is 27.6 Å². The van der Waals surface area contributed by atoms with Crippen LogP contribution in [0.5, 0.6) is 0 Å². The fourth-order valence-corrected chi connectivity index (χ4v) is 2.03. The Morgan fingerprint density at radius 2 is 1.56 bits per heavy atom. The first kappa shape index (κ1) is 20.4. The Balaban J connectivity index is 0.000000257. The van der Waals surface area contributed by atoms with E-state index in [9.17, 15) is 40.5 Å². The Bertz CT molecular complexity index is 884. The Morgan fingerprint density at radius 1 is 1.00 bits per heavy atom. The highest BCUT2D eigenvalue weighted by molar-refractivity contribution is 7.89. The van der Waals surface area contributed by atoms with Gasteiger partial charge in [0.2, 0.25) is 15.8 Å². The van der Waals surface area contributed by atoms with Gasteiger partial charge in [0.05, 0.1) is 15.4 Å². The second-order valence-electron chi connectivity index (χ2n) is 4.39. The first-order valence-corrected chi connectivity index (χ1v) is 7.67. The summed E-state index contributed by atoms with van der Waals surface area (Å²) in [5.41, 5.74) is -2.14. The number of nitrogens with two attached hydrogens (primary N) is 1. The van der Waals surface area contributed by atoms with Gasteiger partial charge in [-0.2, -0.15) is 17.6 Å². The van der Waals surface area contributed by atoms with Gasteiger partial charge in [-0.1, -0.05) is 12.1 Å². The van der Waals surface area contributed by atoms with Gasteiger partial charge < -0.3 is 0 Å². The number of alkyl halides is 3. The monoisotopic (exact) mass is 384 g/mol. The maximum atomic E-state index is 12.7. The SMILES string of the molecule is Fc1ccccc1C(F)(F)F.NS(=O)(=O)c1ccc(F)c([N+](=O)[O-])c1. The number of primary sulfonamides is 1. The van der Waals surface area contributed by atoms with Crippen molar-refractivity contribution in [3.8, 4) is 0 Å². The quantitative estimate of drug-likeness (QED) is 0.488. The van der Waals surface area contributed by atoms with E-state index in [1.165, 1.54) is 6.07 Å². The number of nitro groups is 1. The fraction of sp³-hybridized carbons (Fsp3) is 0.0769. The average molecular weight is 384 g/mol. The summed E-state index contributed by atoms with van der Waals surface area (Å²) in [5, 5.41) is 14.9. The molecule has 0 bridgehead atoms. The standard InChI is InChI=1S/C7H4F4.C6H5FN2O4S/c8-6-4-2-1-3-5(6)7(9,10)11;7-5-2-1-4(14(8,12)13)3-6(5)9(10)11/h1-4H;1-3H,(H2,8,12,13). The molecule has 2 aromatic carbocycles. The lowest BCUT2D eigenvalue weighted by atomic mass is 10.2. The molecule has 136 valence electrons. The van der Waals surface area contributed by atoms with Crippen LogP contribution in [0.3, 0.4) is 0 Å². The molecule has 0 fully saturated rings. The summed E-state index contributed by atoms with van der Waals surface area (Å²) >= 11 is 0. The van der Waals surface area contributed by atoms with Gasteiger partial charge in [-0.05, 0) is 24.3 Å². The predicted molar refractivity (Wildman–Crippen MR) is 75.8 cm³/mol. The van der Waals surface area contributed by atoms with Crippen LogP contribution in [-0.2, 0) is 16.2 Å². The highest BCUT2D eigenvalue weighted by Crippen LogP contribution is 2.30. The molecular weight excluding hydrogens is 375 g/mol. The van der Waals surface area contributed by atoms with Gasteiger partial charge >= 0.3 is 11.9 Å². The number of rotatable bonds is 2. The van der Waals surface area contributed by atoms with E-state index in [0.717, 1.165) is 18.2 Å². The first-order chi connectivity index (χ1) is 11.3. The third kappa shape index (κ3) is 5.76. The van der Waals surface area contributed by atoms with Crippen LogP contribution in [-0.4, -0.2) is 13.3 Å². The minimum absolute atomic E-state index is 0.495. The Morgan fingerprint density at radius 3 is 1.96 bits per heavy atom.